The van der Waals surface area contributed by atoms with Crippen molar-refractivity contribution in [2.24, 2.45) is 5.73 Å². The van der Waals surface area contributed by atoms with Crippen LogP contribution in [0.15, 0.2) is 82.6 Å². The number of aliphatic hydroxyl groups excluding tert-OH is 1. The van der Waals surface area contributed by atoms with Crippen LogP contribution in [0.25, 0.3) is 11.1 Å². The quantitative estimate of drug-likeness (QED) is 0.231. The van der Waals surface area contributed by atoms with Crippen LogP contribution >= 0.6 is 0 Å². The van der Waals surface area contributed by atoms with Crippen molar-refractivity contribution in [2.45, 2.75) is 53.3 Å². The minimum atomic E-state index is -3.67. The number of aliphatic hydroxyl groups is 1. The molecular formula is C31H40N4O7S2. The summed E-state index contributed by atoms with van der Waals surface area (Å²) < 4.78 is 66.7. The highest BCUT2D eigenvalue weighted by Gasteiger charge is 2.44. The Morgan fingerprint density at radius 2 is 1.70 bits per heavy atom. The van der Waals surface area contributed by atoms with E-state index >= 15 is 0 Å². The molecule has 2 aliphatic rings. The first-order chi connectivity index (χ1) is 21.0. The second kappa shape index (κ2) is 13.6. The van der Waals surface area contributed by atoms with Gasteiger partial charge in [0.25, 0.3) is 0 Å². The van der Waals surface area contributed by atoms with Crippen LogP contribution in [0.4, 0.5) is 0 Å². The molecule has 11 nitrogen and oxygen atoms in total. The van der Waals surface area contributed by atoms with Crippen molar-refractivity contribution in [3.8, 4) is 16.9 Å². The summed E-state index contributed by atoms with van der Waals surface area (Å²) in [5.41, 5.74) is 8.07. The van der Waals surface area contributed by atoms with Gasteiger partial charge in [-0.25, -0.2) is 21.6 Å². The predicted molar refractivity (Wildman–Crippen MR) is 167 cm³/mol. The van der Waals surface area contributed by atoms with Crippen LogP contribution in [0.1, 0.15) is 24.8 Å². The molecule has 3 aromatic carbocycles. The Bertz CT molecular complexity index is 1640. The fourth-order valence-electron chi connectivity index (χ4n) is 5.68. The van der Waals surface area contributed by atoms with Gasteiger partial charge >= 0.3 is 0 Å². The Labute approximate surface area is 259 Å². The summed E-state index contributed by atoms with van der Waals surface area (Å²) in [5, 5.41) is 13.8. The summed E-state index contributed by atoms with van der Waals surface area (Å²) in [7, 11) is -5.92. The van der Waals surface area contributed by atoms with Gasteiger partial charge in [0.15, 0.2) is 0 Å². The second-order valence-corrected chi connectivity index (χ2v) is 15.1. The molecule has 0 aromatic heterocycles. The van der Waals surface area contributed by atoms with E-state index in [0.717, 1.165) is 16.7 Å². The minimum absolute atomic E-state index is 0.0121. The number of hydrogen-bond donors (Lipinski definition) is 4. The van der Waals surface area contributed by atoms with Crippen molar-refractivity contribution in [1.29, 1.82) is 0 Å². The summed E-state index contributed by atoms with van der Waals surface area (Å²) in [4.78, 5) is 0.354. The Morgan fingerprint density at radius 1 is 1.00 bits per heavy atom. The number of rotatable bonds is 12. The van der Waals surface area contributed by atoms with Crippen LogP contribution in [0.3, 0.4) is 0 Å². The molecule has 13 heteroatoms. The third kappa shape index (κ3) is 7.49. The summed E-state index contributed by atoms with van der Waals surface area (Å²) in [6, 6.07) is 20.9. The van der Waals surface area contributed by atoms with Gasteiger partial charge in [0.1, 0.15) is 18.5 Å². The van der Waals surface area contributed by atoms with Crippen LogP contribution in [0, 0.1) is 0 Å². The molecule has 3 aromatic rings. The number of nitrogens with one attached hydrogen (secondary N) is 2. The zero-order chi connectivity index (χ0) is 31.4. The Kier molecular flexibility index (Phi) is 10.1. The van der Waals surface area contributed by atoms with Crippen LogP contribution < -0.4 is 20.5 Å². The van der Waals surface area contributed by atoms with E-state index in [0.29, 0.717) is 51.3 Å². The highest BCUT2D eigenvalue weighted by molar-refractivity contribution is 7.89. The molecule has 1 spiro atoms. The molecule has 44 heavy (non-hydrogen) atoms. The van der Waals surface area contributed by atoms with E-state index in [1.165, 1.54) is 23.5 Å². The van der Waals surface area contributed by atoms with E-state index in [2.05, 4.69) is 10.0 Å². The summed E-state index contributed by atoms with van der Waals surface area (Å²) in [6.07, 6.45) is 1.06. The van der Waals surface area contributed by atoms with Gasteiger partial charge in [-0.15, -0.1) is 0 Å². The van der Waals surface area contributed by atoms with Crippen LogP contribution in [-0.4, -0.2) is 83.9 Å². The standard InChI is InChI=1S/C31H40N4O7S2/c1-33-43(37,38)29-6-3-5-28(17-29)41-22-27(36)20-34-26-18-31(42-21-26)12-14-35(15-13-31)44(39,40)30-7-2-4-25(16-30)24-10-8-23(19-32)9-11-24/h2-11,16-17,26-27,33-34,36H,12-15,18-22,32H2,1H3. The second-order valence-electron chi connectivity index (χ2n) is 11.3. The van der Waals surface area contributed by atoms with Gasteiger partial charge in [-0.05, 0) is 67.3 Å². The predicted octanol–water partition coefficient (Wildman–Crippen LogP) is 2.06. The number of benzene rings is 3. The molecule has 5 rings (SSSR count). The molecule has 2 aliphatic heterocycles. The molecule has 0 aliphatic carbocycles. The first-order valence-electron chi connectivity index (χ1n) is 14.6. The molecule has 2 fully saturated rings. The number of hydrogen-bond acceptors (Lipinski definition) is 9. The maximum atomic E-state index is 13.5. The van der Waals surface area contributed by atoms with E-state index in [-0.39, 0.29) is 29.0 Å². The molecule has 0 bridgehead atoms. The smallest absolute Gasteiger partial charge is 0.243 e. The third-order valence-electron chi connectivity index (χ3n) is 8.31. The normalized spacial score (nSPS) is 19.7. The van der Waals surface area contributed by atoms with Crippen LogP contribution in [0.5, 0.6) is 5.75 Å². The van der Waals surface area contributed by atoms with Gasteiger partial charge < -0.3 is 25.6 Å². The van der Waals surface area contributed by atoms with Gasteiger partial charge in [-0.3, -0.25) is 0 Å². The lowest BCUT2D eigenvalue weighted by Crippen LogP contribution is -2.47. The van der Waals surface area contributed by atoms with Crippen molar-refractivity contribution in [3.05, 3.63) is 78.4 Å². The molecule has 0 saturated carbocycles. The van der Waals surface area contributed by atoms with E-state index in [1.54, 1.807) is 30.3 Å². The van der Waals surface area contributed by atoms with Crippen LogP contribution in [-0.2, 0) is 31.3 Å². The topological polar surface area (TPSA) is 160 Å². The largest absolute Gasteiger partial charge is 0.491 e. The molecule has 2 unspecified atom stereocenters. The fourth-order valence-corrected chi connectivity index (χ4v) is 7.93. The number of piperidine rings is 1. The average Bonchev–Trinajstić information content (AvgIpc) is 3.45. The van der Waals surface area contributed by atoms with Gasteiger partial charge in [0, 0.05) is 38.3 Å². The third-order valence-corrected chi connectivity index (χ3v) is 11.6. The first-order valence-corrected chi connectivity index (χ1v) is 17.6. The van der Waals surface area contributed by atoms with E-state index < -0.39 is 31.8 Å². The lowest BCUT2D eigenvalue weighted by atomic mass is 9.88. The average molecular weight is 645 g/mol. The molecule has 0 radical (unpaired) electrons. The van der Waals surface area contributed by atoms with E-state index in [9.17, 15) is 21.9 Å². The zero-order valence-corrected chi connectivity index (χ0v) is 26.3. The molecule has 5 N–H and O–H groups in total. The minimum Gasteiger partial charge on any atom is -0.491 e. The highest BCUT2D eigenvalue weighted by atomic mass is 32.2. The van der Waals surface area contributed by atoms with Crippen molar-refractivity contribution < 1.29 is 31.4 Å². The fraction of sp³-hybridized carbons (Fsp3) is 0.419. The van der Waals surface area contributed by atoms with Gasteiger partial charge in [-0.1, -0.05) is 42.5 Å². The SMILES string of the molecule is CNS(=O)(=O)c1cccc(OCC(O)CNC2COC3(CCN(S(=O)(=O)c4cccc(-c5ccc(CN)cc5)c4)CC3)C2)c1. The lowest BCUT2D eigenvalue weighted by molar-refractivity contribution is -0.0312. The highest BCUT2D eigenvalue weighted by Crippen LogP contribution is 2.37. The van der Waals surface area contributed by atoms with Gasteiger partial charge in [0.05, 0.1) is 22.0 Å². The molecule has 2 atom stereocenters. The number of sulfonamides is 2. The molecule has 2 saturated heterocycles. The molecular weight excluding hydrogens is 604 g/mol. The number of nitrogens with zero attached hydrogens (tertiary/aromatic N) is 1. The zero-order valence-electron chi connectivity index (χ0n) is 24.7. The Hall–Kier alpha value is -2.88. The molecule has 238 valence electrons. The van der Waals surface area contributed by atoms with Gasteiger partial charge in [0.2, 0.25) is 20.0 Å². The van der Waals surface area contributed by atoms with E-state index in [4.69, 9.17) is 15.2 Å². The first kappa shape index (κ1) is 32.5. The number of nitrogens with two attached hydrogens (primary N) is 1. The lowest BCUT2D eigenvalue weighted by Gasteiger charge is -2.38. The van der Waals surface area contributed by atoms with Crippen LogP contribution in [0.2, 0.25) is 0 Å². The Morgan fingerprint density at radius 3 is 2.41 bits per heavy atom. The summed E-state index contributed by atoms with van der Waals surface area (Å²) in [6.45, 7) is 1.90. The van der Waals surface area contributed by atoms with Crippen molar-refractivity contribution in [2.75, 3.05) is 39.9 Å². The summed E-state index contributed by atoms with van der Waals surface area (Å²) >= 11 is 0. The monoisotopic (exact) mass is 644 g/mol. The maximum absolute atomic E-state index is 13.5. The van der Waals surface area contributed by atoms with Gasteiger partial charge in [-0.2, -0.15) is 4.31 Å². The Balaban J connectivity index is 1.10. The van der Waals surface area contributed by atoms with Crippen molar-refractivity contribution in [3.63, 3.8) is 0 Å². The molecule has 0 amide bonds. The van der Waals surface area contributed by atoms with Crippen molar-refractivity contribution >= 4 is 20.0 Å². The number of ether oxygens (including phenoxy) is 2. The summed E-state index contributed by atoms with van der Waals surface area (Å²) in [5.74, 6) is 0.345. The molecule has 2 heterocycles. The maximum Gasteiger partial charge on any atom is 0.243 e. The van der Waals surface area contributed by atoms with E-state index in [1.807, 2.05) is 30.3 Å². The van der Waals surface area contributed by atoms with Crippen molar-refractivity contribution in [1.82, 2.24) is 14.3 Å².